The second-order valence-corrected chi connectivity index (χ2v) is 7.25. The maximum Gasteiger partial charge on any atom is 0.225 e. The summed E-state index contributed by atoms with van der Waals surface area (Å²) in [6.07, 6.45) is 2.95. The monoisotopic (exact) mass is 332 g/mol. The Balaban J connectivity index is 2.01. The Hall–Kier alpha value is -2.11. The molecular formula is C16H13ClN2O2S. The highest BCUT2D eigenvalue weighted by Gasteiger charge is 2.20. The van der Waals surface area contributed by atoms with Crippen LogP contribution in [-0.4, -0.2) is 18.0 Å². The Labute approximate surface area is 133 Å². The summed E-state index contributed by atoms with van der Waals surface area (Å²) >= 11 is 5.95. The molecule has 0 unspecified atom stereocenters. The molecule has 0 atom stereocenters. The van der Waals surface area contributed by atoms with Crippen LogP contribution in [0.4, 0.5) is 0 Å². The molecule has 6 heteroatoms. The molecule has 2 aromatic carbocycles. The van der Waals surface area contributed by atoms with E-state index in [1.165, 1.54) is 12.5 Å². The van der Waals surface area contributed by atoms with Gasteiger partial charge < -0.3 is 4.57 Å². The Morgan fingerprint density at radius 3 is 2.50 bits per heavy atom. The van der Waals surface area contributed by atoms with E-state index in [0.717, 1.165) is 11.3 Å². The van der Waals surface area contributed by atoms with Gasteiger partial charge in [-0.25, -0.2) is 13.4 Å². The van der Waals surface area contributed by atoms with Crippen molar-refractivity contribution in [3.05, 3.63) is 71.6 Å². The van der Waals surface area contributed by atoms with Crippen molar-refractivity contribution in [2.75, 3.05) is 0 Å². The number of aromatic nitrogens is 2. The first-order chi connectivity index (χ1) is 10.5. The standard InChI is InChI=1S/C16H13ClN2O2S/c1-12-5-7-15(8-6-12)22(20,21)16-10-19(11-18-16)14-4-2-3-13(17)9-14/h2-11H,1H3. The second kappa shape index (κ2) is 5.59. The average molecular weight is 333 g/mol. The quantitative estimate of drug-likeness (QED) is 0.735. The smallest absolute Gasteiger partial charge is 0.225 e. The fourth-order valence-corrected chi connectivity index (χ4v) is 3.42. The van der Waals surface area contributed by atoms with Crippen molar-refractivity contribution in [2.24, 2.45) is 0 Å². The van der Waals surface area contributed by atoms with Crippen molar-refractivity contribution in [3.8, 4) is 5.69 Å². The fraction of sp³-hybridized carbons (Fsp3) is 0.0625. The summed E-state index contributed by atoms with van der Waals surface area (Å²) in [5.74, 6) is 0. The lowest BCUT2D eigenvalue weighted by Gasteiger charge is -2.03. The zero-order chi connectivity index (χ0) is 15.7. The number of hydrogen-bond acceptors (Lipinski definition) is 3. The van der Waals surface area contributed by atoms with E-state index in [2.05, 4.69) is 4.98 Å². The van der Waals surface area contributed by atoms with E-state index in [-0.39, 0.29) is 9.92 Å². The molecule has 0 spiro atoms. The molecule has 1 aromatic heterocycles. The van der Waals surface area contributed by atoms with Crippen LogP contribution >= 0.6 is 11.6 Å². The molecule has 4 nitrogen and oxygen atoms in total. The van der Waals surface area contributed by atoms with Gasteiger partial charge in [-0.15, -0.1) is 0 Å². The zero-order valence-electron chi connectivity index (χ0n) is 11.8. The van der Waals surface area contributed by atoms with Crippen LogP contribution in [0.15, 0.2) is 71.0 Å². The summed E-state index contributed by atoms with van der Waals surface area (Å²) in [7, 11) is -3.62. The summed E-state index contributed by atoms with van der Waals surface area (Å²) in [6, 6.07) is 13.8. The molecule has 0 amide bonds. The van der Waals surface area contributed by atoms with Gasteiger partial charge in [-0.05, 0) is 37.3 Å². The molecule has 3 aromatic rings. The average Bonchev–Trinajstić information content (AvgIpc) is 2.98. The van der Waals surface area contributed by atoms with Crippen LogP contribution in [0.5, 0.6) is 0 Å². The summed E-state index contributed by atoms with van der Waals surface area (Å²) in [4.78, 5) is 4.26. The number of benzene rings is 2. The maximum absolute atomic E-state index is 12.6. The second-order valence-electron chi connectivity index (χ2n) is 4.92. The van der Waals surface area contributed by atoms with Crippen molar-refractivity contribution >= 4 is 21.4 Å². The molecule has 0 bridgehead atoms. The molecule has 0 aliphatic carbocycles. The first-order valence-electron chi connectivity index (χ1n) is 6.58. The molecule has 0 saturated heterocycles. The summed E-state index contributed by atoms with van der Waals surface area (Å²) < 4.78 is 26.7. The summed E-state index contributed by atoms with van der Waals surface area (Å²) in [5, 5.41) is 0.588. The van der Waals surface area contributed by atoms with E-state index in [9.17, 15) is 8.42 Å². The van der Waals surface area contributed by atoms with E-state index in [1.807, 2.05) is 13.0 Å². The third-order valence-corrected chi connectivity index (χ3v) is 5.16. The largest absolute Gasteiger partial charge is 0.305 e. The van der Waals surface area contributed by atoms with Crippen LogP contribution in [0.1, 0.15) is 5.56 Å². The van der Waals surface area contributed by atoms with Gasteiger partial charge in [-0.2, -0.15) is 0 Å². The fourth-order valence-electron chi connectivity index (χ4n) is 2.06. The van der Waals surface area contributed by atoms with Crippen molar-refractivity contribution in [2.45, 2.75) is 16.8 Å². The Bertz CT molecular complexity index is 915. The van der Waals surface area contributed by atoms with Crippen LogP contribution in [-0.2, 0) is 9.84 Å². The Morgan fingerprint density at radius 2 is 1.82 bits per heavy atom. The van der Waals surface area contributed by atoms with E-state index in [1.54, 1.807) is 47.0 Å². The van der Waals surface area contributed by atoms with Gasteiger partial charge in [0.05, 0.1) is 4.90 Å². The molecule has 0 radical (unpaired) electrons. The van der Waals surface area contributed by atoms with Crippen LogP contribution in [0.25, 0.3) is 5.69 Å². The van der Waals surface area contributed by atoms with Crippen LogP contribution in [0.3, 0.4) is 0 Å². The first kappa shape index (κ1) is 14.8. The SMILES string of the molecule is Cc1ccc(S(=O)(=O)c2cn(-c3cccc(Cl)c3)cn2)cc1. The van der Waals surface area contributed by atoms with E-state index >= 15 is 0 Å². The molecule has 0 aliphatic heterocycles. The van der Waals surface area contributed by atoms with Gasteiger partial charge in [-0.1, -0.05) is 35.4 Å². The predicted octanol–water partition coefficient (Wildman–Crippen LogP) is 3.67. The van der Waals surface area contributed by atoms with Crippen molar-refractivity contribution in [1.29, 1.82) is 0 Å². The highest BCUT2D eigenvalue weighted by Crippen LogP contribution is 2.21. The minimum Gasteiger partial charge on any atom is -0.305 e. The van der Waals surface area contributed by atoms with Crippen LogP contribution in [0, 0.1) is 6.92 Å². The Morgan fingerprint density at radius 1 is 1.09 bits per heavy atom. The lowest BCUT2D eigenvalue weighted by Crippen LogP contribution is -2.02. The molecule has 0 fully saturated rings. The molecular weight excluding hydrogens is 320 g/mol. The van der Waals surface area contributed by atoms with Crippen LogP contribution in [0.2, 0.25) is 5.02 Å². The van der Waals surface area contributed by atoms with E-state index in [4.69, 9.17) is 11.6 Å². The topological polar surface area (TPSA) is 52.0 Å². The third kappa shape index (κ3) is 2.77. The van der Waals surface area contributed by atoms with Crippen molar-refractivity contribution in [3.63, 3.8) is 0 Å². The van der Waals surface area contributed by atoms with Gasteiger partial charge in [0.15, 0.2) is 5.03 Å². The van der Waals surface area contributed by atoms with Gasteiger partial charge in [0, 0.05) is 16.9 Å². The number of hydrogen-bond donors (Lipinski definition) is 0. The van der Waals surface area contributed by atoms with E-state index in [0.29, 0.717) is 5.02 Å². The van der Waals surface area contributed by atoms with Gasteiger partial charge in [0.1, 0.15) is 6.33 Å². The van der Waals surface area contributed by atoms with Gasteiger partial charge in [-0.3, -0.25) is 0 Å². The van der Waals surface area contributed by atoms with Gasteiger partial charge >= 0.3 is 0 Å². The van der Waals surface area contributed by atoms with E-state index < -0.39 is 9.84 Å². The number of nitrogens with zero attached hydrogens (tertiary/aromatic N) is 2. The maximum atomic E-state index is 12.6. The molecule has 0 N–H and O–H groups in total. The minimum atomic E-state index is -3.62. The summed E-state index contributed by atoms with van der Waals surface area (Å²) in [5.41, 5.74) is 1.76. The highest BCUT2D eigenvalue weighted by molar-refractivity contribution is 7.91. The molecule has 3 rings (SSSR count). The third-order valence-electron chi connectivity index (χ3n) is 3.27. The minimum absolute atomic E-state index is 0.0105. The predicted molar refractivity (Wildman–Crippen MR) is 85.2 cm³/mol. The summed E-state index contributed by atoms with van der Waals surface area (Å²) in [6.45, 7) is 1.91. The lowest BCUT2D eigenvalue weighted by molar-refractivity contribution is 0.593. The molecule has 1 heterocycles. The highest BCUT2D eigenvalue weighted by atomic mass is 35.5. The first-order valence-corrected chi connectivity index (χ1v) is 8.44. The van der Waals surface area contributed by atoms with Crippen molar-refractivity contribution < 1.29 is 8.42 Å². The molecule has 0 aliphatic rings. The molecule has 0 saturated carbocycles. The van der Waals surface area contributed by atoms with Gasteiger partial charge in [0.2, 0.25) is 9.84 Å². The zero-order valence-corrected chi connectivity index (χ0v) is 13.3. The number of rotatable bonds is 3. The van der Waals surface area contributed by atoms with Crippen molar-refractivity contribution in [1.82, 2.24) is 9.55 Å². The van der Waals surface area contributed by atoms with Gasteiger partial charge in [0.25, 0.3) is 0 Å². The molecule has 22 heavy (non-hydrogen) atoms. The number of aryl methyl sites for hydroxylation is 1. The van der Waals surface area contributed by atoms with Crippen LogP contribution < -0.4 is 0 Å². The Kier molecular flexibility index (Phi) is 3.76. The number of imidazole rings is 1. The number of halogens is 1. The lowest BCUT2D eigenvalue weighted by atomic mass is 10.2. The molecule has 112 valence electrons. The normalized spacial score (nSPS) is 11.5. The number of sulfone groups is 1.